The second-order valence-corrected chi connectivity index (χ2v) is 16.0. The zero-order valence-corrected chi connectivity index (χ0v) is 26.0. The molecule has 0 N–H and O–H groups in total. The number of hydrogen-bond acceptors (Lipinski definition) is 0. The Kier molecular flexibility index (Phi) is 8.24. The van der Waals surface area contributed by atoms with Crippen molar-refractivity contribution >= 4 is 0 Å². The van der Waals surface area contributed by atoms with E-state index in [1.54, 1.807) is 5.56 Å². The molecule has 2 aromatic carbocycles. The van der Waals surface area contributed by atoms with Crippen LogP contribution in [0.5, 0.6) is 0 Å². The highest BCUT2D eigenvalue weighted by Crippen LogP contribution is 2.39. The molecule has 0 saturated heterocycles. The summed E-state index contributed by atoms with van der Waals surface area (Å²) >= 11 is 0. The van der Waals surface area contributed by atoms with Gasteiger partial charge in [-0.2, -0.15) is 0 Å². The highest BCUT2D eigenvalue weighted by atomic mass is 14.3. The smallest absolute Gasteiger partial charge is 0.0129 e. The number of hydrogen-bond donors (Lipinski definition) is 0. The molecule has 0 aliphatic rings. The fourth-order valence-electron chi connectivity index (χ4n) is 5.20. The molecule has 0 nitrogen and oxygen atoms in total. The maximum atomic E-state index is 2.51. The monoisotopic (exact) mass is 476 g/mol. The van der Waals surface area contributed by atoms with Crippen LogP contribution in [0.4, 0.5) is 0 Å². The van der Waals surface area contributed by atoms with Crippen LogP contribution in [0, 0.1) is 0 Å². The van der Waals surface area contributed by atoms with Gasteiger partial charge < -0.3 is 0 Å². The lowest BCUT2D eigenvalue weighted by Gasteiger charge is -2.34. The summed E-state index contributed by atoms with van der Waals surface area (Å²) in [7, 11) is 0. The maximum Gasteiger partial charge on any atom is -0.0129 e. The molecule has 2 aromatic rings. The lowest BCUT2D eigenvalue weighted by molar-refractivity contribution is 0.528. The van der Waals surface area contributed by atoms with Crippen molar-refractivity contribution in [3.8, 4) is 0 Å². The van der Waals surface area contributed by atoms with Gasteiger partial charge >= 0.3 is 0 Å². The zero-order chi connectivity index (χ0) is 27.2. The first-order valence-electron chi connectivity index (χ1n) is 13.8. The SMILES string of the molecule is CC(C)(C)c1cc(C(C)(C)C)c(CCCc2ccc(C(C)(C)C)c(C(C)(C)C)c2)c(C(C)(C)C)c1. The Morgan fingerprint density at radius 2 is 0.857 bits per heavy atom. The Morgan fingerprint density at radius 3 is 1.23 bits per heavy atom. The molecule has 0 aromatic heterocycles. The third-order valence-electron chi connectivity index (χ3n) is 7.32. The lowest BCUT2D eigenvalue weighted by Crippen LogP contribution is -2.24. The van der Waals surface area contributed by atoms with Crippen LogP contribution in [0.25, 0.3) is 0 Å². The van der Waals surface area contributed by atoms with Crippen LogP contribution in [0.1, 0.15) is 149 Å². The third-order valence-corrected chi connectivity index (χ3v) is 7.32. The first-order valence-corrected chi connectivity index (χ1v) is 13.8. The van der Waals surface area contributed by atoms with Crippen molar-refractivity contribution < 1.29 is 0 Å². The van der Waals surface area contributed by atoms with Crippen LogP contribution in [0.3, 0.4) is 0 Å². The topological polar surface area (TPSA) is 0 Å². The minimum atomic E-state index is 0.129. The van der Waals surface area contributed by atoms with Crippen molar-refractivity contribution in [2.45, 2.75) is 150 Å². The van der Waals surface area contributed by atoms with E-state index in [4.69, 9.17) is 0 Å². The molecule has 35 heavy (non-hydrogen) atoms. The molecule has 0 saturated carbocycles. The predicted molar refractivity (Wildman–Crippen MR) is 158 cm³/mol. The third kappa shape index (κ3) is 7.47. The van der Waals surface area contributed by atoms with Crippen LogP contribution in [0.15, 0.2) is 30.3 Å². The highest BCUT2D eigenvalue weighted by Gasteiger charge is 2.29. The van der Waals surface area contributed by atoms with Gasteiger partial charge in [0.05, 0.1) is 0 Å². The van der Waals surface area contributed by atoms with E-state index in [1.807, 2.05) is 0 Å². The first-order chi connectivity index (χ1) is 15.5. The molecule has 0 unspecified atom stereocenters. The van der Waals surface area contributed by atoms with Crippen molar-refractivity contribution in [1.82, 2.24) is 0 Å². The van der Waals surface area contributed by atoms with E-state index >= 15 is 0 Å². The number of benzene rings is 2. The summed E-state index contributed by atoms with van der Waals surface area (Å²) in [5, 5.41) is 0. The summed E-state index contributed by atoms with van der Waals surface area (Å²) < 4.78 is 0. The Morgan fingerprint density at radius 1 is 0.429 bits per heavy atom. The molecule has 0 amide bonds. The van der Waals surface area contributed by atoms with Gasteiger partial charge in [-0.15, -0.1) is 0 Å². The molecular formula is C35H56. The van der Waals surface area contributed by atoms with Crippen LogP contribution < -0.4 is 0 Å². The van der Waals surface area contributed by atoms with E-state index < -0.39 is 0 Å². The standard InChI is InChI=1S/C35H56/c1-31(2,3)25-22-28(33(7,8)9)26(29(23-25)34(10,11)12)18-16-17-24-19-20-27(32(4,5)6)30(21-24)35(13,14)15/h19-23H,16-18H2,1-15H3. The molecule has 0 heterocycles. The van der Waals surface area contributed by atoms with E-state index in [9.17, 15) is 0 Å². The molecule has 0 radical (unpaired) electrons. The van der Waals surface area contributed by atoms with E-state index in [1.165, 1.54) is 39.8 Å². The summed E-state index contributed by atoms with van der Waals surface area (Å²) in [5.74, 6) is 0. The Bertz CT molecular complexity index is 977. The lowest BCUT2D eigenvalue weighted by atomic mass is 9.71. The molecule has 0 aliphatic heterocycles. The van der Waals surface area contributed by atoms with Gasteiger partial charge in [-0.25, -0.2) is 0 Å². The van der Waals surface area contributed by atoms with Gasteiger partial charge in [0.25, 0.3) is 0 Å². The van der Waals surface area contributed by atoms with E-state index in [0.29, 0.717) is 0 Å². The fourth-order valence-corrected chi connectivity index (χ4v) is 5.20. The summed E-state index contributed by atoms with van der Waals surface area (Å²) in [6.45, 7) is 35.4. The molecule has 0 fully saturated rings. The second kappa shape index (κ2) is 9.72. The van der Waals surface area contributed by atoms with Gasteiger partial charge in [-0.1, -0.05) is 134 Å². The van der Waals surface area contributed by atoms with Crippen molar-refractivity contribution in [2.75, 3.05) is 0 Å². The number of aryl methyl sites for hydroxylation is 1. The Hall–Kier alpha value is -1.56. The molecule has 0 aliphatic carbocycles. The van der Waals surface area contributed by atoms with Crippen molar-refractivity contribution in [1.29, 1.82) is 0 Å². The largest absolute Gasteiger partial charge is 0.0587 e. The normalized spacial score (nSPS) is 13.9. The molecule has 196 valence electrons. The van der Waals surface area contributed by atoms with E-state index in [2.05, 4.69) is 134 Å². The summed E-state index contributed by atoms with van der Waals surface area (Å²) in [4.78, 5) is 0. The highest BCUT2D eigenvalue weighted by molar-refractivity contribution is 5.48. The van der Waals surface area contributed by atoms with Gasteiger partial charge in [0.1, 0.15) is 0 Å². The predicted octanol–water partition coefficient (Wildman–Crippen LogP) is 10.3. The van der Waals surface area contributed by atoms with Gasteiger partial charge in [-0.05, 0) is 85.3 Å². The van der Waals surface area contributed by atoms with Crippen molar-refractivity contribution in [3.63, 3.8) is 0 Å². The summed E-state index contributed by atoms with van der Waals surface area (Å²) in [5.41, 5.74) is 11.3. The van der Waals surface area contributed by atoms with Crippen LogP contribution in [-0.4, -0.2) is 0 Å². The van der Waals surface area contributed by atoms with Gasteiger partial charge in [0.15, 0.2) is 0 Å². The second-order valence-electron chi connectivity index (χ2n) is 16.0. The van der Waals surface area contributed by atoms with Gasteiger partial charge in [0.2, 0.25) is 0 Å². The van der Waals surface area contributed by atoms with Gasteiger partial charge in [0, 0.05) is 0 Å². The Labute approximate surface area is 219 Å². The summed E-state index contributed by atoms with van der Waals surface area (Å²) in [6, 6.07) is 12.3. The summed E-state index contributed by atoms with van der Waals surface area (Å²) in [6.07, 6.45) is 3.44. The zero-order valence-electron chi connectivity index (χ0n) is 26.0. The average Bonchev–Trinajstić information content (AvgIpc) is 2.63. The molecule has 0 atom stereocenters. The first kappa shape index (κ1) is 29.7. The van der Waals surface area contributed by atoms with E-state index in [-0.39, 0.29) is 27.1 Å². The quantitative estimate of drug-likeness (QED) is 0.411. The van der Waals surface area contributed by atoms with Crippen molar-refractivity contribution in [3.05, 3.63) is 69.3 Å². The number of rotatable bonds is 4. The molecule has 0 spiro atoms. The van der Waals surface area contributed by atoms with Gasteiger partial charge in [-0.3, -0.25) is 0 Å². The molecule has 2 rings (SSSR count). The molecular weight excluding hydrogens is 420 g/mol. The molecule has 0 bridgehead atoms. The Balaban J connectivity index is 2.48. The van der Waals surface area contributed by atoms with Crippen molar-refractivity contribution in [2.24, 2.45) is 0 Å². The van der Waals surface area contributed by atoms with Crippen LogP contribution >= 0.6 is 0 Å². The minimum Gasteiger partial charge on any atom is -0.0587 e. The fraction of sp³-hybridized carbons (Fsp3) is 0.657. The minimum absolute atomic E-state index is 0.129. The van der Waals surface area contributed by atoms with Crippen LogP contribution in [-0.2, 0) is 39.9 Å². The maximum absolute atomic E-state index is 2.51. The van der Waals surface area contributed by atoms with Crippen LogP contribution in [0.2, 0.25) is 0 Å². The molecule has 0 heteroatoms. The van der Waals surface area contributed by atoms with E-state index in [0.717, 1.165) is 12.8 Å². The average molecular weight is 477 g/mol.